The lowest BCUT2D eigenvalue weighted by molar-refractivity contribution is -0.136. The van der Waals surface area contributed by atoms with Gasteiger partial charge in [-0.1, -0.05) is 12.1 Å². The van der Waals surface area contributed by atoms with Crippen molar-refractivity contribution in [2.75, 3.05) is 32.7 Å². The second-order valence-corrected chi connectivity index (χ2v) is 9.31. The maximum absolute atomic E-state index is 12.8. The Labute approximate surface area is 176 Å². The molecule has 1 unspecified atom stereocenters. The van der Waals surface area contributed by atoms with Crippen LogP contribution < -0.4 is 11.1 Å². The minimum Gasteiger partial charge on any atom is -0.324 e. The molecule has 1 aromatic carbocycles. The van der Waals surface area contributed by atoms with Crippen LogP contribution in [0.5, 0.6) is 0 Å². The highest BCUT2D eigenvalue weighted by Crippen LogP contribution is 2.33. The largest absolute Gasteiger partial charge is 0.324 e. The summed E-state index contributed by atoms with van der Waals surface area (Å²) >= 11 is 0. The van der Waals surface area contributed by atoms with Gasteiger partial charge >= 0.3 is 0 Å². The molecule has 0 aromatic heterocycles. The maximum atomic E-state index is 12.8. The van der Waals surface area contributed by atoms with Crippen LogP contribution in [0.3, 0.4) is 0 Å². The summed E-state index contributed by atoms with van der Waals surface area (Å²) in [7, 11) is 0. The van der Waals surface area contributed by atoms with Gasteiger partial charge in [-0.25, -0.2) is 0 Å². The molecular formula is C22H29N5O3. The summed E-state index contributed by atoms with van der Waals surface area (Å²) < 4.78 is 0. The van der Waals surface area contributed by atoms with Gasteiger partial charge in [0.15, 0.2) is 0 Å². The summed E-state index contributed by atoms with van der Waals surface area (Å²) in [5, 5.41) is 2.35. The number of fused-ring (bicyclic) bond motifs is 1. The van der Waals surface area contributed by atoms with Gasteiger partial charge in [0.25, 0.3) is 5.91 Å². The standard InChI is InChI=1S/C22H29N5O3/c23-22(5-6-22)14-26-9-7-25(8-10-26)12-15-1-2-17-16(11-15)13-27(21(17)30)18-3-4-19(28)24-20(18)29/h1-2,11,18H,3-10,12-14,23H2,(H,24,28,29). The van der Waals surface area contributed by atoms with E-state index in [-0.39, 0.29) is 29.7 Å². The van der Waals surface area contributed by atoms with Gasteiger partial charge in [-0.3, -0.25) is 29.5 Å². The minimum atomic E-state index is -0.559. The van der Waals surface area contributed by atoms with Crippen molar-refractivity contribution in [3.05, 3.63) is 34.9 Å². The van der Waals surface area contributed by atoms with Crippen molar-refractivity contribution >= 4 is 17.7 Å². The normalized spacial score (nSPS) is 26.6. The van der Waals surface area contributed by atoms with Gasteiger partial charge in [0.05, 0.1) is 0 Å². The lowest BCUT2D eigenvalue weighted by Gasteiger charge is -2.36. The predicted molar refractivity (Wildman–Crippen MR) is 110 cm³/mol. The van der Waals surface area contributed by atoms with E-state index < -0.39 is 6.04 Å². The zero-order valence-electron chi connectivity index (χ0n) is 17.2. The highest BCUT2D eigenvalue weighted by molar-refractivity contribution is 6.05. The molecule has 8 heteroatoms. The van der Waals surface area contributed by atoms with E-state index in [9.17, 15) is 14.4 Å². The van der Waals surface area contributed by atoms with Gasteiger partial charge in [0, 0.05) is 63.3 Å². The number of carbonyl (C=O) groups is 3. The van der Waals surface area contributed by atoms with Gasteiger partial charge < -0.3 is 10.6 Å². The van der Waals surface area contributed by atoms with E-state index in [1.165, 1.54) is 5.56 Å². The molecule has 160 valence electrons. The van der Waals surface area contributed by atoms with Gasteiger partial charge in [0.2, 0.25) is 11.8 Å². The highest BCUT2D eigenvalue weighted by atomic mass is 16.2. The molecule has 1 aromatic rings. The molecular weight excluding hydrogens is 382 g/mol. The number of amides is 3. The number of benzene rings is 1. The Hall–Kier alpha value is -2.29. The highest BCUT2D eigenvalue weighted by Gasteiger charge is 2.40. The number of piperidine rings is 1. The fourth-order valence-corrected chi connectivity index (χ4v) is 4.85. The van der Waals surface area contributed by atoms with E-state index in [1.807, 2.05) is 12.1 Å². The van der Waals surface area contributed by atoms with Crippen LogP contribution in [0.4, 0.5) is 0 Å². The summed E-state index contributed by atoms with van der Waals surface area (Å²) in [6.07, 6.45) is 2.97. The summed E-state index contributed by atoms with van der Waals surface area (Å²) in [6.45, 7) is 6.44. The van der Waals surface area contributed by atoms with Crippen LogP contribution in [0.1, 0.15) is 47.2 Å². The van der Waals surface area contributed by atoms with Gasteiger partial charge in [0.1, 0.15) is 6.04 Å². The Morgan fingerprint density at radius 3 is 2.50 bits per heavy atom. The maximum Gasteiger partial charge on any atom is 0.255 e. The van der Waals surface area contributed by atoms with Crippen LogP contribution in [0.25, 0.3) is 0 Å². The molecule has 0 bridgehead atoms. The molecule has 0 radical (unpaired) electrons. The Bertz CT molecular complexity index is 889. The van der Waals surface area contributed by atoms with Crippen LogP contribution in [0, 0.1) is 0 Å². The number of hydrogen-bond acceptors (Lipinski definition) is 6. The Morgan fingerprint density at radius 2 is 1.80 bits per heavy atom. The molecule has 1 aliphatic carbocycles. The molecule has 0 spiro atoms. The number of carbonyl (C=O) groups excluding carboxylic acids is 3. The fraction of sp³-hybridized carbons (Fsp3) is 0.591. The molecule has 3 fully saturated rings. The summed E-state index contributed by atoms with van der Waals surface area (Å²) in [5.74, 6) is -0.743. The third-order valence-corrected chi connectivity index (χ3v) is 6.89. The van der Waals surface area contributed by atoms with E-state index in [2.05, 4.69) is 21.2 Å². The summed E-state index contributed by atoms with van der Waals surface area (Å²) in [4.78, 5) is 42.9. The number of nitrogens with one attached hydrogen (secondary N) is 1. The molecule has 3 aliphatic heterocycles. The average Bonchev–Trinajstić information content (AvgIpc) is 3.35. The minimum absolute atomic E-state index is 0.0725. The molecule has 8 nitrogen and oxygen atoms in total. The Morgan fingerprint density at radius 1 is 1.07 bits per heavy atom. The second-order valence-electron chi connectivity index (χ2n) is 9.31. The van der Waals surface area contributed by atoms with Crippen LogP contribution in [0.2, 0.25) is 0 Å². The van der Waals surface area contributed by atoms with Crippen molar-refractivity contribution in [1.29, 1.82) is 0 Å². The smallest absolute Gasteiger partial charge is 0.255 e. The molecule has 4 aliphatic rings. The van der Waals surface area contributed by atoms with Gasteiger partial charge in [-0.05, 0) is 36.5 Å². The predicted octanol–water partition coefficient (Wildman–Crippen LogP) is 0.0565. The van der Waals surface area contributed by atoms with Crippen LogP contribution in [0.15, 0.2) is 18.2 Å². The van der Waals surface area contributed by atoms with E-state index in [0.717, 1.165) is 57.7 Å². The molecule has 2 saturated heterocycles. The van der Waals surface area contributed by atoms with E-state index in [1.54, 1.807) is 4.90 Å². The second kappa shape index (κ2) is 7.44. The van der Waals surface area contributed by atoms with E-state index >= 15 is 0 Å². The van der Waals surface area contributed by atoms with Crippen LogP contribution in [-0.4, -0.2) is 76.7 Å². The van der Waals surface area contributed by atoms with E-state index in [4.69, 9.17) is 5.73 Å². The number of imide groups is 1. The Balaban J connectivity index is 1.20. The van der Waals surface area contributed by atoms with Crippen molar-refractivity contribution in [2.24, 2.45) is 5.73 Å². The number of nitrogens with two attached hydrogens (primary N) is 1. The van der Waals surface area contributed by atoms with Gasteiger partial charge in [-0.15, -0.1) is 0 Å². The number of piperazine rings is 1. The quantitative estimate of drug-likeness (QED) is 0.665. The lowest BCUT2D eigenvalue weighted by Crippen LogP contribution is -2.52. The zero-order chi connectivity index (χ0) is 20.9. The first-order valence-corrected chi connectivity index (χ1v) is 10.9. The zero-order valence-corrected chi connectivity index (χ0v) is 17.2. The van der Waals surface area contributed by atoms with Crippen molar-refractivity contribution in [3.8, 4) is 0 Å². The number of hydrogen-bond donors (Lipinski definition) is 2. The topological polar surface area (TPSA) is 99.0 Å². The number of nitrogens with zero attached hydrogens (tertiary/aromatic N) is 3. The molecule has 30 heavy (non-hydrogen) atoms. The lowest BCUT2D eigenvalue weighted by atomic mass is 10.0. The first-order valence-electron chi connectivity index (χ1n) is 10.9. The molecule has 5 rings (SSSR count). The number of rotatable bonds is 5. The monoisotopic (exact) mass is 411 g/mol. The summed E-state index contributed by atoms with van der Waals surface area (Å²) in [6, 6.07) is 5.46. The Kier molecular flexibility index (Phi) is 4.88. The first kappa shape index (κ1) is 19.7. The van der Waals surface area contributed by atoms with Crippen molar-refractivity contribution in [2.45, 2.75) is 50.4 Å². The molecule has 3 amide bonds. The fourth-order valence-electron chi connectivity index (χ4n) is 4.85. The average molecular weight is 412 g/mol. The molecule has 1 atom stereocenters. The third kappa shape index (κ3) is 3.87. The SMILES string of the molecule is NC1(CN2CCN(Cc3ccc4c(c3)CN(C3CCC(=O)NC3=O)C4=O)CC2)CC1. The van der Waals surface area contributed by atoms with E-state index in [0.29, 0.717) is 18.5 Å². The molecule has 3 heterocycles. The van der Waals surface area contributed by atoms with Crippen molar-refractivity contribution in [1.82, 2.24) is 20.0 Å². The van der Waals surface area contributed by atoms with Crippen molar-refractivity contribution < 1.29 is 14.4 Å². The van der Waals surface area contributed by atoms with Crippen LogP contribution in [-0.2, 0) is 22.7 Å². The molecule has 3 N–H and O–H groups in total. The van der Waals surface area contributed by atoms with Gasteiger partial charge in [-0.2, -0.15) is 0 Å². The molecule has 1 saturated carbocycles. The third-order valence-electron chi connectivity index (χ3n) is 6.89. The first-order chi connectivity index (χ1) is 14.4. The summed E-state index contributed by atoms with van der Waals surface area (Å²) in [5.41, 5.74) is 9.16. The van der Waals surface area contributed by atoms with Crippen LogP contribution >= 0.6 is 0 Å². The van der Waals surface area contributed by atoms with Crippen molar-refractivity contribution in [3.63, 3.8) is 0 Å².